The van der Waals surface area contributed by atoms with Gasteiger partial charge in [0.1, 0.15) is 0 Å². The van der Waals surface area contributed by atoms with Crippen molar-refractivity contribution < 1.29 is 14.6 Å². The van der Waals surface area contributed by atoms with Gasteiger partial charge < -0.3 is 9.84 Å². The van der Waals surface area contributed by atoms with Gasteiger partial charge in [-0.25, -0.2) is 0 Å². The maximum atomic E-state index is 11.6. The highest BCUT2D eigenvalue weighted by molar-refractivity contribution is 6.31. The van der Waals surface area contributed by atoms with Gasteiger partial charge in [-0.2, -0.15) is 5.10 Å². The number of hydrogen-bond acceptors (Lipinski definition) is 3. The SMILES string of the molecule is CCn1nc(C)c(Cl)c1CC1(C(=O)O)CCCOC1. The maximum Gasteiger partial charge on any atom is 0.312 e. The molecule has 1 unspecified atom stereocenters. The molecule has 2 rings (SSSR count). The van der Waals surface area contributed by atoms with Crippen LogP contribution in [0, 0.1) is 12.3 Å². The van der Waals surface area contributed by atoms with Crippen molar-refractivity contribution in [1.82, 2.24) is 9.78 Å². The van der Waals surface area contributed by atoms with E-state index in [-0.39, 0.29) is 6.61 Å². The molecule has 0 amide bonds. The lowest BCUT2D eigenvalue weighted by molar-refractivity contribution is -0.157. The van der Waals surface area contributed by atoms with Crippen LogP contribution in [0.4, 0.5) is 0 Å². The summed E-state index contributed by atoms with van der Waals surface area (Å²) in [6, 6.07) is 0. The summed E-state index contributed by atoms with van der Waals surface area (Å²) in [4.78, 5) is 11.6. The predicted octanol–water partition coefficient (Wildman–Crippen LogP) is 2.29. The number of ether oxygens (including phenoxy) is 1. The molecule has 1 N–H and O–H groups in total. The summed E-state index contributed by atoms with van der Waals surface area (Å²) in [6.07, 6.45) is 1.76. The van der Waals surface area contributed by atoms with Crippen LogP contribution in [0.25, 0.3) is 0 Å². The van der Waals surface area contributed by atoms with E-state index in [9.17, 15) is 9.90 Å². The summed E-state index contributed by atoms with van der Waals surface area (Å²) in [5.74, 6) is -0.815. The van der Waals surface area contributed by atoms with Gasteiger partial charge in [0.2, 0.25) is 0 Å². The van der Waals surface area contributed by atoms with Crippen LogP contribution in [0.1, 0.15) is 31.2 Å². The molecule has 19 heavy (non-hydrogen) atoms. The molecule has 1 aliphatic rings. The molecule has 0 radical (unpaired) electrons. The smallest absolute Gasteiger partial charge is 0.312 e. The Morgan fingerprint density at radius 3 is 2.89 bits per heavy atom. The number of rotatable bonds is 4. The van der Waals surface area contributed by atoms with E-state index in [4.69, 9.17) is 16.3 Å². The lowest BCUT2D eigenvalue weighted by atomic mass is 9.78. The fraction of sp³-hybridized carbons (Fsp3) is 0.692. The number of carboxylic acids is 1. The number of carboxylic acid groups (broad SMARTS) is 1. The van der Waals surface area contributed by atoms with E-state index in [1.807, 2.05) is 13.8 Å². The zero-order chi connectivity index (χ0) is 14.0. The molecular weight excluding hydrogens is 268 g/mol. The Hall–Kier alpha value is -1.07. The zero-order valence-electron chi connectivity index (χ0n) is 11.3. The van der Waals surface area contributed by atoms with Gasteiger partial charge in [-0.3, -0.25) is 9.48 Å². The largest absolute Gasteiger partial charge is 0.481 e. The first-order valence-corrected chi connectivity index (χ1v) is 6.91. The van der Waals surface area contributed by atoms with Crippen molar-refractivity contribution in [2.45, 2.75) is 39.7 Å². The van der Waals surface area contributed by atoms with E-state index in [0.29, 0.717) is 31.0 Å². The monoisotopic (exact) mass is 286 g/mol. The van der Waals surface area contributed by atoms with Crippen LogP contribution in [0.5, 0.6) is 0 Å². The lowest BCUT2D eigenvalue weighted by Gasteiger charge is -2.33. The number of carbonyl (C=O) groups is 1. The van der Waals surface area contributed by atoms with Crippen LogP contribution < -0.4 is 0 Å². The van der Waals surface area contributed by atoms with Gasteiger partial charge >= 0.3 is 5.97 Å². The summed E-state index contributed by atoms with van der Waals surface area (Å²) in [7, 11) is 0. The first-order valence-electron chi connectivity index (χ1n) is 6.53. The van der Waals surface area contributed by atoms with E-state index >= 15 is 0 Å². The van der Waals surface area contributed by atoms with Gasteiger partial charge in [0.15, 0.2) is 0 Å². The van der Waals surface area contributed by atoms with Crippen molar-refractivity contribution >= 4 is 17.6 Å². The highest BCUT2D eigenvalue weighted by atomic mass is 35.5. The third-order valence-corrected chi connectivity index (χ3v) is 4.23. The second-order valence-electron chi connectivity index (χ2n) is 5.08. The molecule has 1 fully saturated rings. The molecule has 1 aromatic heterocycles. The molecule has 1 aromatic rings. The average molecular weight is 287 g/mol. The Kier molecular flexibility index (Phi) is 4.16. The summed E-state index contributed by atoms with van der Waals surface area (Å²) < 4.78 is 7.17. The number of nitrogens with zero attached hydrogens (tertiary/aromatic N) is 2. The van der Waals surface area contributed by atoms with E-state index < -0.39 is 11.4 Å². The number of aliphatic carboxylic acids is 1. The van der Waals surface area contributed by atoms with E-state index in [0.717, 1.165) is 17.8 Å². The van der Waals surface area contributed by atoms with Gasteiger partial charge in [0, 0.05) is 19.6 Å². The van der Waals surface area contributed by atoms with Gasteiger partial charge in [-0.15, -0.1) is 0 Å². The molecule has 0 bridgehead atoms. The zero-order valence-corrected chi connectivity index (χ0v) is 12.0. The molecular formula is C13H19ClN2O3. The van der Waals surface area contributed by atoms with Crippen LogP contribution in [0.3, 0.4) is 0 Å². The fourth-order valence-corrected chi connectivity index (χ4v) is 2.80. The Labute approximate surface area is 117 Å². The van der Waals surface area contributed by atoms with Crippen molar-refractivity contribution in [3.63, 3.8) is 0 Å². The Bertz CT molecular complexity index is 478. The first kappa shape index (κ1) is 14.3. The maximum absolute atomic E-state index is 11.6. The Morgan fingerprint density at radius 1 is 1.63 bits per heavy atom. The molecule has 0 saturated carbocycles. The van der Waals surface area contributed by atoms with E-state index in [1.54, 1.807) is 4.68 Å². The minimum atomic E-state index is -0.874. The second-order valence-corrected chi connectivity index (χ2v) is 5.46. The third kappa shape index (κ3) is 2.62. The normalized spacial score (nSPS) is 23.5. The summed E-state index contributed by atoms with van der Waals surface area (Å²) in [6.45, 7) is 5.36. The highest BCUT2D eigenvalue weighted by Crippen LogP contribution is 2.35. The first-order chi connectivity index (χ1) is 9.00. The number of aromatic nitrogens is 2. The average Bonchev–Trinajstić information content (AvgIpc) is 2.67. The summed E-state index contributed by atoms with van der Waals surface area (Å²) in [5.41, 5.74) is 0.673. The van der Waals surface area contributed by atoms with Gasteiger partial charge in [-0.05, 0) is 26.7 Å². The van der Waals surface area contributed by atoms with Gasteiger partial charge in [-0.1, -0.05) is 11.6 Å². The van der Waals surface area contributed by atoms with Crippen LogP contribution >= 0.6 is 11.6 Å². The van der Waals surface area contributed by atoms with E-state index in [2.05, 4.69) is 5.10 Å². The molecule has 106 valence electrons. The molecule has 0 aliphatic carbocycles. The molecule has 1 atom stereocenters. The molecule has 1 saturated heterocycles. The topological polar surface area (TPSA) is 64.4 Å². The summed E-state index contributed by atoms with van der Waals surface area (Å²) in [5, 5.41) is 14.5. The predicted molar refractivity (Wildman–Crippen MR) is 71.5 cm³/mol. The van der Waals surface area contributed by atoms with Crippen molar-refractivity contribution in [3.05, 3.63) is 16.4 Å². The van der Waals surface area contributed by atoms with Crippen molar-refractivity contribution in [1.29, 1.82) is 0 Å². The Balaban J connectivity index is 2.34. The minimum Gasteiger partial charge on any atom is -0.481 e. The van der Waals surface area contributed by atoms with Crippen LogP contribution in [-0.2, 0) is 22.5 Å². The second kappa shape index (κ2) is 5.51. The minimum absolute atomic E-state index is 0.243. The summed E-state index contributed by atoms with van der Waals surface area (Å²) >= 11 is 6.26. The quantitative estimate of drug-likeness (QED) is 0.922. The molecule has 0 spiro atoms. The number of halogens is 1. The van der Waals surface area contributed by atoms with Crippen molar-refractivity contribution in [2.24, 2.45) is 5.41 Å². The van der Waals surface area contributed by atoms with Crippen LogP contribution in [0.2, 0.25) is 5.02 Å². The van der Waals surface area contributed by atoms with Gasteiger partial charge in [0.05, 0.1) is 28.4 Å². The molecule has 1 aliphatic heterocycles. The van der Waals surface area contributed by atoms with Gasteiger partial charge in [0.25, 0.3) is 0 Å². The standard InChI is InChI=1S/C13H19ClN2O3/c1-3-16-10(11(14)9(2)15-16)7-13(12(17)18)5-4-6-19-8-13/h3-8H2,1-2H3,(H,17,18). The highest BCUT2D eigenvalue weighted by Gasteiger charge is 2.42. The Morgan fingerprint density at radius 2 is 2.37 bits per heavy atom. The van der Waals surface area contributed by atoms with Crippen LogP contribution in [-0.4, -0.2) is 34.1 Å². The van der Waals surface area contributed by atoms with Crippen molar-refractivity contribution in [2.75, 3.05) is 13.2 Å². The van der Waals surface area contributed by atoms with Crippen LogP contribution in [0.15, 0.2) is 0 Å². The number of hydrogen-bond donors (Lipinski definition) is 1. The third-order valence-electron chi connectivity index (χ3n) is 3.73. The molecule has 2 heterocycles. The molecule has 0 aromatic carbocycles. The molecule has 6 heteroatoms. The lowest BCUT2D eigenvalue weighted by Crippen LogP contribution is -2.41. The van der Waals surface area contributed by atoms with E-state index in [1.165, 1.54) is 0 Å². The molecule has 5 nitrogen and oxygen atoms in total. The van der Waals surface area contributed by atoms with Crippen molar-refractivity contribution in [3.8, 4) is 0 Å². The fourth-order valence-electron chi connectivity index (χ4n) is 2.59. The number of aryl methyl sites for hydroxylation is 2.